The maximum atomic E-state index is 13.2. The predicted octanol–water partition coefficient (Wildman–Crippen LogP) is 5.45. The topological polar surface area (TPSA) is 60.9 Å². The second-order valence-electron chi connectivity index (χ2n) is 8.00. The Morgan fingerprint density at radius 3 is 2.06 bits per heavy atom. The lowest BCUT2D eigenvalue weighted by molar-refractivity contribution is -0.132. The molecule has 0 aliphatic carbocycles. The van der Waals surface area contributed by atoms with E-state index in [1.54, 1.807) is 12.1 Å². The number of halogens is 1. The second-order valence-corrected chi connectivity index (χ2v) is 8.91. The summed E-state index contributed by atoms with van der Waals surface area (Å²) in [6.45, 7) is 1.95. The summed E-state index contributed by atoms with van der Waals surface area (Å²) >= 11 is 3.43. The summed E-state index contributed by atoms with van der Waals surface area (Å²) in [5.41, 5.74) is 3.92. The molecule has 3 aromatic rings. The van der Waals surface area contributed by atoms with Gasteiger partial charge < -0.3 is 10.0 Å². The van der Waals surface area contributed by atoms with Gasteiger partial charge >= 0.3 is 0 Å². The fourth-order valence-electron chi connectivity index (χ4n) is 3.84. The highest BCUT2D eigenvalue weighted by Gasteiger charge is 2.46. The summed E-state index contributed by atoms with van der Waals surface area (Å²) in [4.78, 5) is 29.8. The first-order valence-electron chi connectivity index (χ1n) is 10.2. The zero-order valence-corrected chi connectivity index (χ0v) is 19.6. The van der Waals surface area contributed by atoms with E-state index < -0.39 is 17.7 Å². The van der Waals surface area contributed by atoms with Crippen LogP contribution < -0.4 is 9.80 Å². The number of anilines is 2. The first kappa shape index (κ1) is 21.8. The first-order valence-corrected chi connectivity index (χ1v) is 11.0. The summed E-state index contributed by atoms with van der Waals surface area (Å²) in [6, 6.07) is 21.3. The standard InChI is InChI=1S/C26H23BrN2O3/c1-16-4-6-18(7-5-16)24(30)22-23(17-8-10-19(27)11-9-17)29(26(32)25(22)31)21-14-12-20(13-15-21)28(2)3/h4-15,23,30H,1-3H3/b24-22-. The van der Waals surface area contributed by atoms with Crippen LogP contribution in [0.25, 0.3) is 5.76 Å². The lowest BCUT2D eigenvalue weighted by Crippen LogP contribution is -2.29. The Balaban J connectivity index is 1.90. The molecule has 1 N–H and O–H groups in total. The molecule has 32 heavy (non-hydrogen) atoms. The Morgan fingerprint density at radius 1 is 0.906 bits per heavy atom. The Hall–Kier alpha value is -3.38. The van der Waals surface area contributed by atoms with Gasteiger partial charge in [0.05, 0.1) is 11.6 Å². The van der Waals surface area contributed by atoms with E-state index in [-0.39, 0.29) is 11.3 Å². The average Bonchev–Trinajstić information content (AvgIpc) is 3.05. The zero-order chi connectivity index (χ0) is 23.0. The zero-order valence-electron chi connectivity index (χ0n) is 18.0. The quantitative estimate of drug-likeness (QED) is 0.300. The van der Waals surface area contributed by atoms with Crippen molar-refractivity contribution in [3.8, 4) is 0 Å². The molecule has 1 unspecified atom stereocenters. The van der Waals surface area contributed by atoms with Gasteiger partial charge in [0.15, 0.2) is 0 Å². The summed E-state index contributed by atoms with van der Waals surface area (Å²) in [6.07, 6.45) is 0. The molecule has 1 atom stereocenters. The van der Waals surface area contributed by atoms with Gasteiger partial charge in [0.25, 0.3) is 11.7 Å². The molecule has 1 saturated heterocycles. The lowest BCUT2D eigenvalue weighted by atomic mass is 9.95. The van der Waals surface area contributed by atoms with Gasteiger partial charge in [-0.1, -0.05) is 57.9 Å². The summed E-state index contributed by atoms with van der Waals surface area (Å²) in [5.74, 6) is -1.54. The van der Waals surface area contributed by atoms with Crippen molar-refractivity contribution >= 4 is 44.8 Å². The van der Waals surface area contributed by atoms with Crippen LogP contribution in [-0.2, 0) is 9.59 Å². The molecule has 1 heterocycles. The van der Waals surface area contributed by atoms with Gasteiger partial charge in [-0.3, -0.25) is 14.5 Å². The van der Waals surface area contributed by atoms with E-state index >= 15 is 0 Å². The molecule has 0 aromatic heterocycles. The Kier molecular flexibility index (Phi) is 5.89. The van der Waals surface area contributed by atoms with E-state index in [0.29, 0.717) is 11.3 Å². The Labute approximate surface area is 195 Å². The van der Waals surface area contributed by atoms with Crippen LogP contribution in [0.4, 0.5) is 11.4 Å². The third-order valence-corrected chi connectivity index (χ3v) is 6.13. The van der Waals surface area contributed by atoms with Gasteiger partial charge in [-0.2, -0.15) is 0 Å². The number of aliphatic hydroxyl groups is 1. The number of aliphatic hydroxyl groups excluding tert-OH is 1. The third kappa shape index (κ3) is 3.94. The third-order valence-electron chi connectivity index (χ3n) is 5.60. The van der Waals surface area contributed by atoms with Crippen LogP contribution >= 0.6 is 15.9 Å². The molecule has 4 rings (SSSR count). The molecule has 3 aromatic carbocycles. The summed E-state index contributed by atoms with van der Waals surface area (Å²) in [5, 5.41) is 11.1. The average molecular weight is 491 g/mol. The number of rotatable bonds is 4. The molecule has 0 spiro atoms. The highest BCUT2D eigenvalue weighted by atomic mass is 79.9. The van der Waals surface area contributed by atoms with Gasteiger partial charge in [-0.25, -0.2) is 0 Å². The van der Waals surface area contributed by atoms with E-state index in [0.717, 1.165) is 21.3 Å². The number of ketones is 1. The highest BCUT2D eigenvalue weighted by molar-refractivity contribution is 9.10. The summed E-state index contributed by atoms with van der Waals surface area (Å²) < 4.78 is 0.882. The van der Waals surface area contributed by atoms with Crippen LogP contribution in [0.1, 0.15) is 22.7 Å². The van der Waals surface area contributed by atoms with Gasteiger partial charge in [-0.05, 0) is 48.9 Å². The fraction of sp³-hybridized carbons (Fsp3) is 0.154. The van der Waals surface area contributed by atoms with Crippen LogP contribution in [0.5, 0.6) is 0 Å². The van der Waals surface area contributed by atoms with Crippen molar-refractivity contribution in [2.24, 2.45) is 0 Å². The Morgan fingerprint density at radius 2 is 1.50 bits per heavy atom. The van der Waals surface area contributed by atoms with Crippen molar-refractivity contribution in [2.45, 2.75) is 13.0 Å². The van der Waals surface area contributed by atoms with E-state index in [4.69, 9.17) is 0 Å². The molecule has 1 aliphatic heterocycles. The minimum Gasteiger partial charge on any atom is -0.507 e. The molecule has 5 nitrogen and oxygen atoms in total. The molecule has 1 aliphatic rings. The minimum absolute atomic E-state index is 0.0814. The van der Waals surface area contributed by atoms with Crippen molar-refractivity contribution in [2.75, 3.05) is 23.9 Å². The molecular formula is C26H23BrN2O3. The fourth-order valence-corrected chi connectivity index (χ4v) is 4.10. The molecule has 0 radical (unpaired) electrons. The van der Waals surface area contributed by atoms with Gasteiger partial charge in [0.1, 0.15) is 5.76 Å². The van der Waals surface area contributed by atoms with Crippen LogP contribution in [0.15, 0.2) is 82.8 Å². The van der Waals surface area contributed by atoms with E-state index in [2.05, 4.69) is 15.9 Å². The number of aryl methyl sites for hydroxylation is 1. The number of benzene rings is 3. The maximum Gasteiger partial charge on any atom is 0.300 e. The van der Waals surface area contributed by atoms with Crippen LogP contribution in [-0.4, -0.2) is 30.9 Å². The molecule has 162 valence electrons. The van der Waals surface area contributed by atoms with E-state index in [1.165, 1.54) is 4.90 Å². The van der Waals surface area contributed by atoms with Gasteiger partial charge in [0.2, 0.25) is 0 Å². The molecule has 1 fully saturated rings. The van der Waals surface area contributed by atoms with Crippen molar-refractivity contribution < 1.29 is 14.7 Å². The van der Waals surface area contributed by atoms with Crippen LogP contribution in [0.2, 0.25) is 0 Å². The van der Waals surface area contributed by atoms with Gasteiger partial charge in [-0.15, -0.1) is 0 Å². The van der Waals surface area contributed by atoms with E-state index in [9.17, 15) is 14.7 Å². The lowest BCUT2D eigenvalue weighted by Gasteiger charge is -2.26. The molecule has 0 saturated carbocycles. The number of carbonyl (C=O) groups is 2. The first-order chi connectivity index (χ1) is 15.3. The number of nitrogens with zero attached hydrogens (tertiary/aromatic N) is 2. The maximum absolute atomic E-state index is 13.2. The largest absolute Gasteiger partial charge is 0.507 e. The minimum atomic E-state index is -0.741. The molecule has 1 amide bonds. The normalized spacial score (nSPS) is 17.6. The monoisotopic (exact) mass is 490 g/mol. The number of Topliss-reactive ketones (excluding diaryl/α,β-unsaturated/α-hetero) is 1. The van der Waals surface area contributed by atoms with Crippen molar-refractivity contribution in [3.63, 3.8) is 0 Å². The summed E-state index contributed by atoms with van der Waals surface area (Å²) in [7, 11) is 3.87. The molecular weight excluding hydrogens is 468 g/mol. The SMILES string of the molecule is Cc1ccc(/C(O)=C2/C(=O)C(=O)N(c3ccc(N(C)C)cc3)C2c2ccc(Br)cc2)cc1. The number of carbonyl (C=O) groups excluding carboxylic acids is 2. The van der Waals surface area contributed by atoms with Crippen LogP contribution in [0.3, 0.4) is 0 Å². The van der Waals surface area contributed by atoms with Gasteiger partial charge in [0, 0.05) is 35.5 Å². The number of amides is 1. The predicted molar refractivity (Wildman–Crippen MR) is 131 cm³/mol. The van der Waals surface area contributed by atoms with Crippen LogP contribution in [0, 0.1) is 6.92 Å². The number of hydrogen-bond acceptors (Lipinski definition) is 4. The molecule has 0 bridgehead atoms. The van der Waals surface area contributed by atoms with Crippen molar-refractivity contribution in [1.29, 1.82) is 0 Å². The van der Waals surface area contributed by atoms with Crippen molar-refractivity contribution in [3.05, 3.63) is 99.5 Å². The molecule has 6 heteroatoms. The second kappa shape index (κ2) is 8.63. The number of hydrogen-bond donors (Lipinski definition) is 1. The Bertz CT molecular complexity index is 1200. The smallest absolute Gasteiger partial charge is 0.300 e. The van der Waals surface area contributed by atoms with Crippen molar-refractivity contribution in [1.82, 2.24) is 0 Å². The van der Waals surface area contributed by atoms with E-state index in [1.807, 2.05) is 86.6 Å². The highest BCUT2D eigenvalue weighted by Crippen LogP contribution is 2.42.